The standard InChI is InChI=1S/C20H19F2N5O/c1-11(20(2,3)22)26-18-15(19(24)28)9-25-27-10-14(7-17(18)27)12-4-5-13(8-23)16(21)6-12/h4-7,9-11,26H,1-3H3,(H2,24,28). The van der Waals surface area contributed by atoms with Gasteiger partial charge in [-0.3, -0.25) is 4.79 Å². The van der Waals surface area contributed by atoms with Gasteiger partial charge in [0.1, 0.15) is 17.6 Å². The first-order chi connectivity index (χ1) is 13.1. The largest absolute Gasteiger partial charge is 0.377 e. The molecule has 1 unspecified atom stereocenters. The first-order valence-electron chi connectivity index (χ1n) is 8.58. The number of halogens is 2. The van der Waals surface area contributed by atoms with Crippen LogP contribution in [0, 0.1) is 17.1 Å². The fourth-order valence-corrected chi connectivity index (χ4v) is 2.73. The van der Waals surface area contributed by atoms with Crippen molar-refractivity contribution in [2.45, 2.75) is 32.5 Å². The van der Waals surface area contributed by atoms with E-state index < -0.39 is 23.4 Å². The number of aromatic nitrogens is 2. The molecule has 3 rings (SSSR count). The Labute approximate surface area is 160 Å². The molecule has 28 heavy (non-hydrogen) atoms. The van der Waals surface area contributed by atoms with Gasteiger partial charge in [0.25, 0.3) is 5.91 Å². The summed E-state index contributed by atoms with van der Waals surface area (Å²) in [4.78, 5) is 11.8. The number of amides is 1. The lowest BCUT2D eigenvalue weighted by Crippen LogP contribution is -2.36. The van der Waals surface area contributed by atoms with Gasteiger partial charge in [0.2, 0.25) is 0 Å². The molecule has 0 saturated heterocycles. The zero-order valence-electron chi connectivity index (χ0n) is 15.6. The molecular weight excluding hydrogens is 364 g/mol. The lowest BCUT2D eigenvalue weighted by molar-refractivity contribution is 0.1000. The van der Waals surface area contributed by atoms with E-state index in [0.717, 1.165) is 0 Å². The van der Waals surface area contributed by atoms with Crippen LogP contribution >= 0.6 is 0 Å². The van der Waals surface area contributed by atoms with Gasteiger partial charge in [-0.25, -0.2) is 13.3 Å². The van der Waals surface area contributed by atoms with Crippen LogP contribution in [0.25, 0.3) is 16.6 Å². The number of alkyl halides is 1. The molecule has 0 saturated carbocycles. The van der Waals surface area contributed by atoms with Crippen molar-refractivity contribution < 1.29 is 13.6 Å². The van der Waals surface area contributed by atoms with Crippen molar-refractivity contribution in [2.24, 2.45) is 5.73 Å². The number of primary amides is 1. The number of carbonyl (C=O) groups excluding carboxylic acids is 1. The Bertz CT molecular complexity index is 1110. The quantitative estimate of drug-likeness (QED) is 0.703. The summed E-state index contributed by atoms with van der Waals surface area (Å²) in [5.41, 5.74) is 5.97. The van der Waals surface area contributed by atoms with Gasteiger partial charge in [0, 0.05) is 11.8 Å². The predicted molar refractivity (Wildman–Crippen MR) is 102 cm³/mol. The molecule has 6 nitrogen and oxygen atoms in total. The molecule has 0 aliphatic rings. The Morgan fingerprint density at radius 3 is 2.64 bits per heavy atom. The van der Waals surface area contributed by atoms with E-state index in [1.165, 1.54) is 36.7 Å². The zero-order chi connectivity index (χ0) is 20.6. The van der Waals surface area contributed by atoms with E-state index in [9.17, 15) is 13.6 Å². The van der Waals surface area contributed by atoms with Crippen LogP contribution in [0.4, 0.5) is 14.5 Å². The summed E-state index contributed by atoms with van der Waals surface area (Å²) in [6.07, 6.45) is 2.95. The second-order valence-electron chi connectivity index (χ2n) is 7.09. The smallest absolute Gasteiger partial charge is 0.252 e. The Morgan fingerprint density at radius 2 is 2.07 bits per heavy atom. The highest BCUT2D eigenvalue weighted by atomic mass is 19.1. The van der Waals surface area contributed by atoms with Gasteiger partial charge in [0.15, 0.2) is 0 Å². The molecule has 0 spiro atoms. The van der Waals surface area contributed by atoms with Crippen LogP contribution in [0.3, 0.4) is 0 Å². The first kappa shape index (κ1) is 19.3. The van der Waals surface area contributed by atoms with Gasteiger partial charge in [-0.15, -0.1) is 0 Å². The minimum absolute atomic E-state index is 0.0528. The Balaban J connectivity index is 2.16. The molecule has 3 N–H and O–H groups in total. The maximum absolute atomic E-state index is 14.3. The normalized spacial score (nSPS) is 12.6. The second-order valence-corrected chi connectivity index (χ2v) is 7.09. The minimum atomic E-state index is -1.55. The molecule has 0 radical (unpaired) electrons. The van der Waals surface area contributed by atoms with Crippen LogP contribution < -0.4 is 11.1 Å². The highest BCUT2D eigenvalue weighted by Gasteiger charge is 2.27. The Kier molecular flexibility index (Phi) is 4.77. The summed E-state index contributed by atoms with van der Waals surface area (Å²) in [6, 6.07) is 7.11. The number of fused-ring (bicyclic) bond motifs is 1. The topological polar surface area (TPSA) is 96.2 Å². The molecular formula is C20H19F2N5O. The van der Waals surface area contributed by atoms with Crippen LogP contribution in [0.2, 0.25) is 0 Å². The number of nitrogens with two attached hydrogens (primary N) is 1. The molecule has 2 aromatic heterocycles. The van der Waals surface area contributed by atoms with Crippen molar-refractivity contribution in [3.05, 3.63) is 53.6 Å². The number of anilines is 1. The summed E-state index contributed by atoms with van der Waals surface area (Å²) in [5, 5.41) is 16.1. The molecule has 1 amide bonds. The number of nitriles is 1. The Hall–Kier alpha value is -3.47. The lowest BCUT2D eigenvalue weighted by Gasteiger charge is -2.26. The van der Waals surface area contributed by atoms with Crippen molar-refractivity contribution in [1.82, 2.24) is 9.61 Å². The summed E-state index contributed by atoms with van der Waals surface area (Å²) < 4.78 is 29.8. The molecule has 1 atom stereocenters. The monoisotopic (exact) mass is 383 g/mol. The molecule has 1 aromatic carbocycles. The molecule has 0 aliphatic heterocycles. The van der Waals surface area contributed by atoms with E-state index in [-0.39, 0.29) is 11.1 Å². The molecule has 2 heterocycles. The van der Waals surface area contributed by atoms with Crippen molar-refractivity contribution in [1.29, 1.82) is 5.26 Å². The van der Waals surface area contributed by atoms with Gasteiger partial charge in [-0.05, 0) is 44.5 Å². The third-order valence-electron chi connectivity index (χ3n) is 4.72. The minimum Gasteiger partial charge on any atom is -0.377 e. The number of benzene rings is 1. The average molecular weight is 383 g/mol. The second kappa shape index (κ2) is 6.93. The zero-order valence-corrected chi connectivity index (χ0v) is 15.6. The number of nitrogens with zero attached hydrogens (tertiary/aromatic N) is 3. The highest BCUT2D eigenvalue weighted by Crippen LogP contribution is 2.31. The number of rotatable bonds is 5. The highest BCUT2D eigenvalue weighted by molar-refractivity contribution is 6.02. The predicted octanol–water partition coefficient (Wildman–Crippen LogP) is 3.66. The van der Waals surface area contributed by atoms with E-state index in [1.807, 2.05) is 0 Å². The third kappa shape index (κ3) is 3.51. The van der Waals surface area contributed by atoms with E-state index >= 15 is 0 Å². The van der Waals surface area contributed by atoms with Crippen molar-refractivity contribution in [3.63, 3.8) is 0 Å². The molecule has 0 bridgehead atoms. The van der Waals surface area contributed by atoms with Crippen molar-refractivity contribution in [2.75, 3.05) is 5.32 Å². The van der Waals surface area contributed by atoms with Crippen LogP contribution in [-0.2, 0) is 0 Å². The fraction of sp³-hybridized carbons (Fsp3) is 0.250. The van der Waals surface area contributed by atoms with Gasteiger partial charge in [-0.2, -0.15) is 10.4 Å². The van der Waals surface area contributed by atoms with E-state index in [2.05, 4.69) is 10.4 Å². The SMILES string of the molecule is CC(Nc1c(C(N)=O)cnn2cc(-c3ccc(C#N)c(F)c3)cc12)C(C)(C)F. The van der Waals surface area contributed by atoms with E-state index in [0.29, 0.717) is 22.3 Å². The van der Waals surface area contributed by atoms with Crippen molar-refractivity contribution >= 4 is 17.1 Å². The Morgan fingerprint density at radius 1 is 1.36 bits per heavy atom. The molecule has 8 heteroatoms. The molecule has 3 aromatic rings. The molecule has 0 fully saturated rings. The summed E-state index contributed by atoms with van der Waals surface area (Å²) in [7, 11) is 0. The number of hydrogen-bond acceptors (Lipinski definition) is 4. The number of carbonyl (C=O) groups is 1. The summed E-state index contributed by atoms with van der Waals surface area (Å²) in [5.74, 6) is -1.33. The van der Waals surface area contributed by atoms with E-state index in [4.69, 9.17) is 11.0 Å². The van der Waals surface area contributed by atoms with Crippen LogP contribution in [-0.4, -0.2) is 27.2 Å². The maximum Gasteiger partial charge on any atom is 0.252 e. The van der Waals surface area contributed by atoms with Gasteiger partial charge in [-0.1, -0.05) is 6.07 Å². The lowest BCUT2D eigenvalue weighted by atomic mass is 10.0. The average Bonchev–Trinajstić information content (AvgIpc) is 3.05. The summed E-state index contributed by atoms with van der Waals surface area (Å²) >= 11 is 0. The van der Waals surface area contributed by atoms with Crippen LogP contribution in [0.15, 0.2) is 36.7 Å². The van der Waals surface area contributed by atoms with Gasteiger partial charge >= 0.3 is 0 Å². The van der Waals surface area contributed by atoms with Gasteiger partial charge in [0.05, 0.1) is 34.6 Å². The number of nitrogens with one attached hydrogen (secondary N) is 1. The van der Waals surface area contributed by atoms with Crippen LogP contribution in [0.5, 0.6) is 0 Å². The third-order valence-corrected chi connectivity index (χ3v) is 4.72. The fourth-order valence-electron chi connectivity index (χ4n) is 2.73. The number of hydrogen-bond donors (Lipinski definition) is 2. The maximum atomic E-state index is 14.3. The summed E-state index contributed by atoms with van der Waals surface area (Å²) in [6.45, 7) is 4.51. The first-order valence-corrected chi connectivity index (χ1v) is 8.58. The van der Waals surface area contributed by atoms with Gasteiger partial charge < -0.3 is 11.1 Å². The van der Waals surface area contributed by atoms with Crippen LogP contribution in [0.1, 0.15) is 36.7 Å². The van der Waals surface area contributed by atoms with E-state index in [1.54, 1.807) is 31.3 Å². The van der Waals surface area contributed by atoms with Crippen molar-refractivity contribution in [3.8, 4) is 17.2 Å². The molecule has 144 valence electrons. The molecule has 0 aliphatic carbocycles.